The highest BCUT2D eigenvalue weighted by Crippen LogP contribution is 2.22. The Hall–Kier alpha value is -2.99. The molecule has 1 atom stereocenters. The summed E-state index contributed by atoms with van der Waals surface area (Å²) in [5.74, 6) is 1.20. The Morgan fingerprint density at radius 1 is 1.08 bits per heavy atom. The molecular weight excluding hydrogens is 326 g/mol. The maximum Gasteiger partial charge on any atom is 0.225 e. The molecule has 26 heavy (non-hydrogen) atoms. The van der Waals surface area contributed by atoms with Crippen LogP contribution in [0.4, 0.5) is 11.8 Å². The second-order valence-corrected chi connectivity index (χ2v) is 6.21. The number of anilines is 2. The lowest BCUT2D eigenvalue weighted by molar-refractivity contribution is 0.281. The van der Waals surface area contributed by atoms with Crippen molar-refractivity contribution in [2.24, 2.45) is 0 Å². The first-order valence-corrected chi connectivity index (χ1v) is 8.61. The number of aryl methyl sites for hydroxylation is 1. The van der Waals surface area contributed by atoms with Crippen LogP contribution in [0.5, 0.6) is 0 Å². The van der Waals surface area contributed by atoms with E-state index in [2.05, 4.69) is 44.6 Å². The van der Waals surface area contributed by atoms with Crippen LogP contribution in [0.2, 0.25) is 0 Å². The smallest absolute Gasteiger partial charge is 0.225 e. The number of hydrogen-bond donors (Lipinski definition) is 3. The molecule has 3 rings (SSSR count). The molecule has 0 bridgehead atoms. The lowest BCUT2D eigenvalue weighted by atomic mass is 10.1. The van der Waals surface area contributed by atoms with E-state index in [1.165, 1.54) is 11.1 Å². The molecule has 0 aliphatic rings. The zero-order valence-electron chi connectivity index (χ0n) is 15.0. The fourth-order valence-corrected chi connectivity index (χ4v) is 2.53. The summed E-state index contributed by atoms with van der Waals surface area (Å²) in [4.78, 5) is 13.1. The molecule has 0 saturated carbocycles. The Labute approximate surface area is 153 Å². The van der Waals surface area contributed by atoms with Gasteiger partial charge in [0.2, 0.25) is 5.95 Å². The summed E-state index contributed by atoms with van der Waals surface area (Å²) in [6.45, 7) is 4.65. The number of benzene rings is 1. The molecule has 6 nitrogen and oxygen atoms in total. The molecule has 0 fully saturated rings. The van der Waals surface area contributed by atoms with Crippen molar-refractivity contribution in [3.05, 3.63) is 66.0 Å². The molecule has 0 aliphatic heterocycles. The molecule has 0 unspecified atom stereocenters. The summed E-state index contributed by atoms with van der Waals surface area (Å²) in [5, 5.41) is 15.8. The average molecular weight is 349 g/mol. The van der Waals surface area contributed by atoms with Gasteiger partial charge in [-0.1, -0.05) is 24.3 Å². The molecule has 1 aromatic carbocycles. The van der Waals surface area contributed by atoms with Crippen molar-refractivity contribution in [2.75, 3.05) is 17.2 Å². The van der Waals surface area contributed by atoms with Gasteiger partial charge in [-0.05, 0) is 37.1 Å². The van der Waals surface area contributed by atoms with Crippen LogP contribution < -0.4 is 10.6 Å². The molecule has 0 saturated heterocycles. The minimum Gasteiger partial charge on any atom is -0.394 e. The molecule has 0 radical (unpaired) electrons. The molecule has 3 aromatic rings. The summed E-state index contributed by atoms with van der Waals surface area (Å²) in [7, 11) is 0. The fourth-order valence-electron chi connectivity index (χ4n) is 2.53. The van der Waals surface area contributed by atoms with E-state index in [-0.39, 0.29) is 12.6 Å². The summed E-state index contributed by atoms with van der Waals surface area (Å²) in [5.41, 5.74) is 4.20. The number of nitrogens with one attached hydrogen (secondary N) is 2. The van der Waals surface area contributed by atoms with Gasteiger partial charge >= 0.3 is 0 Å². The first-order chi connectivity index (χ1) is 12.7. The van der Waals surface area contributed by atoms with E-state index < -0.39 is 0 Å². The lowest BCUT2D eigenvalue weighted by Gasteiger charge is -2.14. The van der Waals surface area contributed by atoms with Crippen LogP contribution in [0.3, 0.4) is 0 Å². The van der Waals surface area contributed by atoms with Crippen molar-refractivity contribution in [3.63, 3.8) is 0 Å². The summed E-state index contributed by atoms with van der Waals surface area (Å²) in [6.07, 6.45) is 3.47. The second kappa shape index (κ2) is 8.40. The van der Waals surface area contributed by atoms with Crippen molar-refractivity contribution in [2.45, 2.75) is 26.4 Å². The quantitative estimate of drug-likeness (QED) is 0.607. The fraction of sp³-hybridized carbons (Fsp3) is 0.250. The van der Waals surface area contributed by atoms with Crippen molar-refractivity contribution in [3.8, 4) is 11.3 Å². The molecule has 0 spiro atoms. The van der Waals surface area contributed by atoms with Gasteiger partial charge in [0, 0.05) is 36.6 Å². The van der Waals surface area contributed by atoms with Crippen LogP contribution in [-0.2, 0) is 6.54 Å². The van der Waals surface area contributed by atoms with Crippen LogP contribution in [-0.4, -0.2) is 32.7 Å². The number of aliphatic hydroxyl groups excluding tert-OH is 1. The minimum absolute atomic E-state index is 0.00875. The first kappa shape index (κ1) is 17.8. The van der Waals surface area contributed by atoms with E-state index in [4.69, 9.17) is 0 Å². The van der Waals surface area contributed by atoms with E-state index in [1.54, 1.807) is 12.4 Å². The SMILES string of the molecule is Cc1ccccc1CNc1cc(-c2ccncc2)nc(N[C@H](C)CO)n1. The summed E-state index contributed by atoms with van der Waals surface area (Å²) >= 11 is 0. The number of rotatable bonds is 7. The van der Waals surface area contributed by atoms with Crippen LogP contribution in [0, 0.1) is 6.92 Å². The maximum absolute atomic E-state index is 9.29. The predicted molar refractivity (Wildman–Crippen MR) is 104 cm³/mol. The largest absolute Gasteiger partial charge is 0.394 e. The molecule has 0 aliphatic carbocycles. The monoisotopic (exact) mass is 349 g/mol. The van der Waals surface area contributed by atoms with E-state index in [1.807, 2.05) is 37.3 Å². The van der Waals surface area contributed by atoms with Crippen molar-refractivity contribution < 1.29 is 5.11 Å². The number of pyridine rings is 1. The van der Waals surface area contributed by atoms with Crippen LogP contribution >= 0.6 is 0 Å². The van der Waals surface area contributed by atoms with Gasteiger partial charge in [0.25, 0.3) is 0 Å². The minimum atomic E-state index is -0.132. The highest BCUT2D eigenvalue weighted by Gasteiger charge is 2.09. The molecule has 0 amide bonds. The topological polar surface area (TPSA) is 83.0 Å². The third-order valence-electron chi connectivity index (χ3n) is 4.07. The number of nitrogens with zero attached hydrogens (tertiary/aromatic N) is 3. The predicted octanol–water partition coefficient (Wildman–Crippen LogP) is 3.25. The van der Waals surface area contributed by atoms with Gasteiger partial charge in [0.1, 0.15) is 5.82 Å². The third kappa shape index (κ3) is 4.55. The van der Waals surface area contributed by atoms with E-state index in [0.717, 1.165) is 17.1 Å². The summed E-state index contributed by atoms with van der Waals surface area (Å²) in [6, 6.07) is 13.9. The zero-order chi connectivity index (χ0) is 18.4. The second-order valence-electron chi connectivity index (χ2n) is 6.21. The Balaban J connectivity index is 1.88. The van der Waals surface area contributed by atoms with E-state index >= 15 is 0 Å². The van der Waals surface area contributed by atoms with Gasteiger partial charge in [0.05, 0.1) is 12.3 Å². The number of hydrogen-bond acceptors (Lipinski definition) is 6. The van der Waals surface area contributed by atoms with Crippen LogP contribution in [0.1, 0.15) is 18.1 Å². The Morgan fingerprint density at radius 3 is 2.58 bits per heavy atom. The number of aliphatic hydroxyl groups is 1. The van der Waals surface area contributed by atoms with E-state index in [9.17, 15) is 5.11 Å². The standard InChI is InChI=1S/C20H23N5O/c1-14-5-3-4-6-17(14)12-22-19-11-18(16-7-9-21-10-8-16)24-20(25-19)23-15(2)13-26/h3-11,15,26H,12-13H2,1-2H3,(H2,22,23,24,25)/t15-/m1/s1. The van der Waals surface area contributed by atoms with E-state index in [0.29, 0.717) is 12.5 Å². The van der Waals surface area contributed by atoms with Gasteiger partial charge in [0.15, 0.2) is 0 Å². The van der Waals surface area contributed by atoms with Gasteiger partial charge in [-0.3, -0.25) is 4.98 Å². The highest BCUT2D eigenvalue weighted by molar-refractivity contribution is 5.64. The number of aromatic nitrogens is 3. The third-order valence-corrected chi connectivity index (χ3v) is 4.07. The first-order valence-electron chi connectivity index (χ1n) is 8.61. The Kier molecular flexibility index (Phi) is 5.76. The van der Waals surface area contributed by atoms with Gasteiger partial charge in [-0.25, -0.2) is 4.98 Å². The van der Waals surface area contributed by atoms with Gasteiger partial charge in [-0.15, -0.1) is 0 Å². The highest BCUT2D eigenvalue weighted by atomic mass is 16.3. The van der Waals surface area contributed by atoms with Crippen molar-refractivity contribution in [1.29, 1.82) is 0 Å². The Bertz CT molecular complexity index is 854. The summed E-state index contributed by atoms with van der Waals surface area (Å²) < 4.78 is 0. The molecule has 3 N–H and O–H groups in total. The van der Waals surface area contributed by atoms with Crippen molar-refractivity contribution in [1.82, 2.24) is 15.0 Å². The Morgan fingerprint density at radius 2 is 1.85 bits per heavy atom. The lowest BCUT2D eigenvalue weighted by Crippen LogP contribution is -2.21. The maximum atomic E-state index is 9.29. The molecule has 6 heteroatoms. The van der Waals surface area contributed by atoms with Crippen molar-refractivity contribution >= 4 is 11.8 Å². The van der Waals surface area contributed by atoms with Gasteiger partial charge in [-0.2, -0.15) is 4.98 Å². The molecule has 2 aromatic heterocycles. The van der Waals surface area contributed by atoms with Crippen LogP contribution in [0.15, 0.2) is 54.9 Å². The van der Waals surface area contributed by atoms with Crippen LogP contribution in [0.25, 0.3) is 11.3 Å². The molecular formula is C20H23N5O. The molecule has 2 heterocycles. The normalized spacial score (nSPS) is 11.8. The average Bonchev–Trinajstić information content (AvgIpc) is 2.68. The molecule has 134 valence electrons. The zero-order valence-corrected chi connectivity index (χ0v) is 15.0. The van der Waals surface area contributed by atoms with Gasteiger partial charge < -0.3 is 15.7 Å².